The van der Waals surface area contributed by atoms with Crippen LogP contribution in [0.3, 0.4) is 0 Å². The molecule has 138 valence electrons. The van der Waals surface area contributed by atoms with Crippen molar-refractivity contribution in [1.29, 1.82) is 0 Å². The summed E-state index contributed by atoms with van der Waals surface area (Å²) in [7, 11) is 0. The first kappa shape index (κ1) is 19.4. The molecule has 0 spiro atoms. The average Bonchev–Trinajstić information content (AvgIpc) is 2.54. The summed E-state index contributed by atoms with van der Waals surface area (Å²) in [6.45, 7) is 6.36. The van der Waals surface area contributed by atoms with Crippen LogP contribution in [0.2, 0.25) is 0 Å². The minimum absolute atomic E-state index is 0.0271. The summed E-state index contributed by atoms with van der Waals surface area (Å²) < 4.78 is 0. The Morgan fingerprint density at radius 3 is 2.44 bits per heavy atom. The number of amides is 2. The molecule has 0 aliphatic heterocycles. The number of carbonyl (C=O) groups excluding carboxylic acids is 2. The minimum Gasteiger partial charge on any atom is -0.347 e. The fraction of sp³-hybridized carbons (Fsp3) is 0.600. The number of nitrogens with two attached hydrogens (primary N) is 1. The maximum atomic E-state index is 12.5. The van der Waals surface area contributed by atoms with E-state index in [4.69, 9.17) is 5.73 Å². The third kappa shape index (κ3) is 5.85. The van der Waals surface area contributed by atoms with Crippen LogP contribution in [0.15, 0.2) is 24.3 Å². The smallest absolute Gasteiger partial charge is 0.251 e. The van der Waals surface area contributed by atoms with Gasteiger partial charge in [-0.2, -0.15) is 0 Å². The molecule has 2 amide bonds. The molecular formula is C20H31N3O2. The molecule has 5 nitrogen and oxygen atoms in total. The van der Waals surface area contributed by atoms with Gasteiger partial charge in [-0.3, -0.25) is 9.59 Å². The van der Waals surface area contributed by atoms with Gasteiger partial charge in [0.2, 0.25) is 5.91 Å². The maximum Gasteiger partial charge on any atom is 0.251 e. The third-order valence-corrected chi connectivity index (χ3v) is 4.78. The molecule has 5 heteroatoms. The number of rotatable bonds is 5. The second-order valence-corrected chi connectivity index (χ2v) is 8.27. The molecule has 1 aliphatic carbocycles. The van der Waals surface area contributed by atoms with Gasteiger partial charge in [0.15, 0.2) is 0 Å². The minimum atomic E-state index is -0.301. The summed E-state index contributed by atoms with van der Waals surface area (Å²) in [5, 5.41) is 5.86. The number of anilines is 1. The van der Waals surface area contributed by atoms with Gasteiger partial charge in [-0.1, -0.05) is 25.3 Å². The fourth-order valence-electron chi connectivity index (χ4n) is 3.45. The van der Waals surface area contributed by atoms with Crippen LogP contribution in [0.4, 0.5) is 5.69 Å². The quantitative estimate of drug-likeness (QED) is 0.764. The van der Waals surface area contributed by atoms with Crippen LogP contribution in [0.5, 0.6) is 0 Å². The van der Waals surface area contributed by atoms with E-state index in [9.17, 15) is 9.59 Å². The standard InChI is InChI=1S/C20H31N3O2/c1-19(2,3)23-18(25)15-8-7-9-16(12-15)22-17(24)13-20(14-21)10-5-4-6-11-20/h7-9,12H,4-6,10-11,13-14,21H2,1-3H3,(H,22,24)(H,23,25). The number of nitrogens with one attached hydrogen (secondary N) is 2. The van der Waals surface area contributed by atoms with Crippen LogP contribution in [0.1, 0.15) is 69.7 Å². The molecule has 25 heavy (non-hydrogen) atoms. The van der Waals surface area contributed by atoms with Crippen molar-refractivity contribution in [3.8, 4) is 0 Å². The molecule has 0 aromatic heterocycles. The zero-order chi connectivity index (χ0) is 18.5. The summed E-state index contributed by atoms with van der Waals surface area (Å²) in [6, 6.07) is 7.06. The van der Waals surface area contributed by atoms with E-state index in [1.54, 1.807) is 18.2 Å². The summed E-state index contributed by atoms with van der Waals surface area (Å²) in [5.74, 6) is -0.171. The van der Waals surface area contributed by atoms with Crippen LogP contribution < -0.4 is 16.4 Å². The first-order valence-corrected chi connectivity index (χ1v) is 9.16. The van der Waals surface area contributed by atoms with E-state index in [1.807, 2.05) is 26.8 Å². The largest absolute Gasteiger partial charge is 0.347 e. The lowest BCUT2D eigenvalue weighted by atomic mass is 9.71. The van der Waals surface area contributed by atoms with E-state index in [2.05, 4.69) is 10.6 Å². The number of hydrogen-bond donors (Lipinski definition) is 3. The lowest BCUT2D eigenvalue weighted by Gasteiger charge is -2.35. The molecule has 1 aromatic carbocycles. The molecule has 0 bridgehead atoms. The first-order valence-electron chi connectivity index (χ1n) is 9.16. The van der Waals surface area contributed by atoms with Gasteiger partial charge >= 0.3 is 0 Å². The second-order valence-electron chi connectivity index (χ2n) is 8.27. The Bertz CT molecular complexity index is 614. The Kier molecular flexibility index (Phi) is 6.22. The van der Waals surface area contributed by atoms with E-state index < -0.39 is 0 Å². The molecule has 1 saturated carbocycles. The van der Waals surface area contributed by atoms with E-state index in [0.29, 0.717) is 24.2 Å². The highest BCUT2D eigenvalue weighted by Crippen LogP contribution is 2.38. The van der Waals surface area contributed by atoms with E-state index in [-0.39, 0.29) is 22.8 Å². The van der Waals surface area contributed by atoms with Crippen molar-refractivity contribution in [3.63, 3.8) is 0 Å². The highest BCUT2D eigenvalue weighted by atomic mass is 16.2. The highest BCUT2D eigenvalue weighted by molar-refractivity contribution is 5.97. The van der Waals surface area contributed by atoms with Gasteiger partial charge in [0.05, 0.1) is 0 Å². The normalized spacial score (nSPS) is 17.0. The molecular weight excluding hydrogens is 314 g/mol. The van der Waals surface area contributed by atoms with Crippen LogP contribution in [0.25, 0.3) is 0 Å². The monoisotopic (exact) mass is 345 g/mol. The first-order chi connectivity index (χ1) is 11.7. The van der Waals surface area contributed by atoms with Crippen molar-refractivity contribution in [2.45, 2.75) is 64.8 Å². The van der Waals surface area contributed by atoms with Gasteiger partial charge in [-0.15, -0.1) is 0 Å². The van der Waals surface area contributed by atoms with Crippen molar-refractivity contribution in [2.75, 3.05) is 11.9 Å². The Balaban J connectivity index is 2.01. The van der Waals surface area contributed by atoms with Crippen molar-refractivity contribution in [3.05, 3.63) is 29.8 Å². The molecule has 0 atom stereocenters. The average molecular weight is 345 g/mol. The van der Waals surface area contributed by atoms with Crippen molar-refractivity contribution < 1.29 is 9.59 Å². The van der Waals surface area contributed by atoms with Gasteiger partial charge in [-0.25, -0.2) is 0 Å². The van der Waals surface area contributed by atoms with Gasteiger partial charge < -0.3 is 16.4 Å². The zero-order valence-electron chi connectivity index (χ0n) is 15.7. The molecule has 4 N–H and O–H groups in total. The molecule has 0 heterocycles. The molecule has 1 aromatic rings. The number of carbonyl (C=O) groups is 2. The molecule has 1 aliphatic rings. The van der Waals surface area contributed by atoms with Gasteiger partial charge in [0.1, 0.15) is 0 Å². The molecule has 0 unspecified atom stereocenters. The van der Waals surface area contributed by atoms with E-state index in [0.717, 1.165) is 25.7 Å². The molecule has 2 rings (SSSR count). The van der Waals surface area contributed by atoms with Crippen LogP contribution in [-0.4, -0.2) is 23.9 Å². The Morgan fingerprint density at radius 2 is 1.84 bits per heavy atom. The van der Waals surface area contributed by atoms with Crippen LogP contribution >= 0.6 is 0 Å². The van der Waals surface area contributed by atoms with Crippen molar-refractivity contribution in [1.82, 2.24) is 5.32 Å². The summed E-state index contributed by atoms with van der Waals surface area (Å²) in [6.07, 6.45) is 6.01. The predicted molar refractivity (Wildman–Crippen MR) is 101 cm³/mol. The molecule has 0 saturated heterocycles. The summed E-state index contributed by atoms with van der Waals surface area (Å²) in [4.78, 5) is 24.8. The lowest BCUT2D eigenvalue weighted by Crippen LogP contribution is -2.40. The zero-order valence-corrected chi connectivity index (χ0v) is 15.7. The Labute approximate surface area is 150 Å². The molecule has 0 radical (unpaired) electrons. The maximum absolute atomic E-state index is 12.5. The van der Waals surface area contributed by atoms with Gasteiger partial charge in [0, 0.05) is 23.2 Å². The van der Waals surface area contributed by atoms with E-state index >= 15 is 0 Å². The summed E-state index contributed by atoms with van der Waals surface area (Å²) in [5.41, 5.74) is 6.79. The molecule has 1 fully saturated rings. The summed E-state index contributed by atoms with van der Waals surface area (Å²) >= 11 is 0. The second kappa shape index (κ2) is 8.00. The SMILES string of the molecule is CC(C)(C)NC(=O)c1cccc(NC(=O)CC2(CN)CCCCC2)c1. The van der Waals surface area contributed by atoms with Gasteiger partial charge in [0.25, 0.3) is 5.91 Å². The van der Waals surface area contributed by atoms with Gasteiger partial charge in [-0.05, 0) is 63.8 Å². The Hall–Kier alpha value is -1.88. The van der Waals surface area contributed by atoms with E-state index in [1.165, 1.54) is 6.42 Å². The number of benzene rings is 1. The predicted octanol–water partition coefficient (Wildman–Crippen LogP) is 3.45. The van der Waals surface area contributed by atoms with Crippen LogP contribution in [0, 0.1) is 5.41 Å². The fourth-order valence-corrected chi connectivity index (χ4v) is 3.45. The van der Waals surface area contributed by atoms with Crippen molar-refractivity contribution in [2.24, 2.45) is 11.1 Å². The topological polar surface area (TPSA) is 84.2 Å². The lowest BCUT2D eigenvalue weighted by molar-refractivity contribution is -0.118. The van der Waals surface area contributed by atoms with Crippen LogP contribution in [-0.2, 0) is 4.79 Å². The Morgan fingerprint density at radius 1 is 1.16 bits per heavy atom. The van der Waals surface area contributed by atoms with Crippen molar-refractivity contribution >= 4 is 17.5 Å². The highest BCUT2D eigenvalue weighted by Gasteiger charge is 2.33. The number of hydrogen-bond acceptors (Lipinski definition) is 3. The third-order valence-electron chi connectivity index (χ3n) is 4.78.